The number of carbonyl (C=O) groups is 1. The molecule has 5 heteroatoms. The molecule has 1 unspecified atom stereocenters. The smallest absolute Gasteiger partial charge is 0.270 e. The van der Waals surface area contributed by atoms with Crippen LogP contribution < -0.4 is 5.32 Å². The zero-order valence-corrected chi connectivity index (χ0v) is 12.1. The van der Waals surface area contributed by atoms with Gasteiger partial charge in [-0.05, 0) is 54.5 Å². The van der Waals surface area contributed by atoms with Crippen LogP contribution in [0.5, 0.6) is 0 Å². The lowest BCUT2D eigenvalue weighted by Gasteiger charge is -2.20. The maximum Gasteiger partial charge on any atom is 0.270 e. The minimum Gasteiger partial charge on any atom is -0.347 e. The van der Waals surface area contributed by atoms with Gasteiger partial charge in [0.15, 0.2) is 0 Å². The number of hydrogen-bond acceptors (Lipinski definition) is 3. The van der Waals surface area contributed by atoms with Crippen molar-refractivity contribution in [3.63, 3.8) is 0 Å². The molecule has 0 aliphatic carbocycles. The Morgan fingerprint density at radius 3 is 3.11 bits per heavy atom. The minimum atomic E-state index is -0.0865. The van der Waals surface area contributed by atoms with E-state index in [-0.39, 0.29) is 11.9 Å². The molecule has 2 rings (SSSR count). The van der Waals surface area contributed by atoms with Crippen LogP contribution in [0, 0.1) is 0 Å². The first kappa shape index (κ1) is 13.5. The van der Waals surface area contributed by atoms with Gasteiger partial charge in [0.25, 0.3) is 5.91 Å². The lowest BCUT2D eigenvalue weighted by atomic mass is 10.1. The number of hydrogen-bond donors (Lipinski definition) is 1. The quantitative estimate of drug-likeness (QED) is 0.850. The molecule has 1 N–H and O–H groups in total. The van der Waals surface area contributed by atoms with Crippen molar-refractivity contribution in [1.82, 2.24) is 15.2 Å². The molecule has 4 nitrogen and oxygen atoms in total. The summed E-state index contributed by atoms with van der Waals surface area (Å²) in [7, 11) is 2.10. The number of pyridine rings is 1. The number of aromatic nitrogens is 1. The Morgan fingerprint density at radius 1 is 1.50 bits per heavy atom. The minimum absolute atomic E-state index is 0.0865. The van der Waals surface area contributed by atoms with E-state index in [1.54, 1.807) is 6.07 Å². The van der Waals surface area contributed by atoms with Crippen molar-refractivity contribution in [2.75, 3.05) is 20.1 Å². The second-order valence-electron chi connectivity index (χ2n) is 4.77. The predicted octanol–water partition coefficient (Wildman–Crippen LogP) is 2.06. The molecule has 1 atom stereocenters. The molecule has 1 fully saturated rings. The van der Waals surface area contributed by atoms with Crippen LogP contribution in [0.1, 0.15) is 29.8 Å². The molecular weight excluding hydrogens is 294 g/mol. The summed E-state index contributed by atoms with van der Waals surface area (Å²) in [6.07, 6.45) is 3.42. The Bertz CT molecular complexity index is 424. The molecule has 0 spiro atoms. The number of likely N-dealkylation sites (tertiary alicyclic amines) is 1. The number of rotatable bonds is 2. The number of carbonyl (C=O) groups excluding carboxylic acids is 1. The molecule has 1 aromatic rings. The largest absolute Gasteiger partial charge is 0.347 e. The summed E-state index contributed by atoms with van der Waals surface area (Å²) in [6.45, 7) is 2.03. The molecule has 1 aliphatic heterocycles. The molecule has 0 bridgehead atoms. The summed E-state index contributed by atoms with van der Waals surface area (Å²) in [5.41, 5.74) is 0.469. The topological polar surface area (TPSA) is 45.2 Å². The van der Waals surface area contributed by atoms with Gasteiger partial charge in [-0.15, -0.1) is 0 Å². The van der Waals surface area contributed by atoms with Gasteiger partial charge in [-0.25, -0.2) is 4.98 Å². The summed E-state index contributed by atoms with van der Waals surface area (Å²) >= 11 is 3.28. The Labute approximate surface area is 116 Å². The third kappa shape index (κ3) is 3.78. The average molecular weight is 312 g/mol. The van der Waals surface area contributed by atoms with Crippen molar-refractivity contribution in [3.05, 3.63) is 28.5 Å². The van der Waals surface area contributed by atoms with Crippen molar-refractivity contribution < 1.29 is 4.79 Å². The molecule has 18 heavy (non-hydrogen) atoms. The molecule has 98 valence electrons. The number of halogens is 1. The Hall–Kier alpha value is -0.940. The van der Waals surface area contributed by atoms with E-state index < -0.39 is 0 Å². The van der Waals surface area contributed by atoms with Crippen molar-refractivity contribution >= 4 is 21.8 Å². The number of amides is 1. The second-order valence-corrected chi connectivity index (χ2v) is 5.59. The van der Waals surface area contributed by atoms with Crippen molar-refractivity contribution in [2.45, 2.75) is 25.3 Å². The zero-order valence-electron chi connectivity index (χ0n) is 10.5. The first-order valence-corrected chi connectivity index (χ1v) is 7.06. The third-order valence-corrected chi connectivity index (χ3v) is 3.60. The predicted molar refractivity (Wildman–Crippen MR) is 74.5 cm³/mol. The van der Waals surface area contributed by atoms with Gasteiger partial charge >= 0.3 is 0 Å². The van der Waals surface area contributed by atoms with Crippen LogP contribution in [0.3, 0.4) is 0 Å². The Morgan fingerprint density at radius 2 is 2.33 bits per heavy atom. The molecule has 0 saturated carbocycles. The van der Waals surface area contributed by atoms with Crippen molar-refractivity contribution in [2.24, 2.45) is 0 Å². The van der Waals surface area contributed by atoms with Gasteiger partial charge in [0.05, 0.1) is 0 Å². The van der Waals surface area contributed by atoms with Gasteiger partial charge in [0, 0.05) is 12.6 Å². The molecule has 1 aliphatic rings. The van der Waals surface area contributed by atoms with E-state index in [2.05, 4.69) is 38.2 Å². The zero-order chi connectivity index (χ0) is 13.0. The second kappa shape index (κ2) is 6.29. The van der Waals surface area contributed by atoms with Crippen LogP contribution in [-0.2, 0) is 0 Å². The summed E-state index contributed by atoms with van der Waals surface area (Å²) in [4.78, 5) is 18.5. The van der Waals surface area contributed by atoms with Crippen LogP contribution in [0.25, 0.3) is 0 Å². The third-order valence-electron chi connectivity index (χ3n) is 3.16. The van der Waals surface area contributed by atoms with E-state index in [0.29, 0.717) is 10.3 Å². The summed E-state index contributed by atoms with van der Waals surface area (Å²) in [6, 6.07) is 5.60. The highest BCUT2D eigenvalue weighted by Crippen LogP contribution is 2.11. The van der Waals surface area contributed by atoms with Gasteiger partial charge in [0.1, 0.15) is 10.3 Å². The fourth-order valence-electron chi connectivity index (χ4n) is 2.24. The standard InChI is InChI=1S/C13H18BrN3O/c1-17-8-3-2-5-10(9-17)15-13(18)11-6-4-7-12(14)16-11/h4,6-7,10H,2-3,5,8-9H2,1H3,(H,15,18). The van der Waals surface area contributed by atoms with Gasteiger partial charge in [-0.3, -0.25) is 4.79 Å². The van der Waals surface area contributed by atoms with Gasteiger partial charge in [-0.1, -0.05) is 12.5 Å². The van der Waals surface area contributed by atoms with E-state index in [1.807, 2.05) is 12.1 Å². The average Bonchev–Trinajstić information content (AvgIpc) is 2.53. The molecular formula is C13H18BrN3O. The molecule has 2 heterocycles. The SMILES string of the molecule is CN1CCCCC(NC(=O)c2cccc(Br)n2)C1. The van der Waals surface area contributed by atoms with Crippen LogP contribution in [-0.4, -0.2) is 42.0 Å². The van der Waals surface area contributed by atoms with E-state index >= 15 is 0 Å². The monoisotopic (exact) mass is 311 g/mol. The highest BCUT2D eigenvalue weighted by Gasteiger charge is 2.18. The number of nitrogens with zero attached hydrogens (tertiary/aromatic N) is 2. The van der Waals surface area contributed by atoms with Crippen LogP contribution in [0.15, 0.2) is 22.8 Å². The first-order valence-electron chi connectivity index (χ1n) is 6.27. The maximum absolute atomic E-state index is 12.1. The molecule has 1 aromatic heterocycles. The fraction of sp³-hybridized carbons (Fsp3) is 0.538. The van der Waals surface area contributed by atoms with Gasteiger partial charge < -0.3 is 10.2 Å². The lowest BCUT2D eigenvalue weighted by Crippen LogP contribution is -2.41. The first-order chi connectivity index (χ1) is 8.65. The highest BCUT2D eigenvalue weighted by molar-refractivity contribution is 9.10. The number of likely N-dealkylation sites (N-methyl/N-ethyl adjacent to an activating group) is 1. The van der Waals surface area contributed by atoms with Gasteiger partial charge in [-0.2, -0.15) is 0 Å². The molecule has 1 amide bonds. The van der Waals surface area contributed by atoms with E-state index in [4.69, 9.17) is 0 Å². The van der Waals surface area contributed by atoms with E-state index in [9.17, 15) is 4.79 Å². The summed E-state index contributed by atoms with van der Waals surface area (Å²) in [5.74, 6) is -0.0865. The molecule has 1 saturated heterocycles. The summed E-state index contributed by atoms with van der Waals surface area (Å²) in [5, 5.41) is 3.07. The van der Waals surface area contributed by atoms with Gasteiger partial charge in [0.2, 0.25) is 0 Å². The Kier molecular flexibility index (Phi) is 4.72. The van der Waals surface area contributed by atoms with E-state index in [1.165, 1.54) is 12.8 Å². The Balaban J connectivity index is 1.98. The molecule has 0 aromatic carbocycles. The summed E-state index contributed by atoms with van der Waals surface area (Å²) < 4.78 is 0.688. The van der Waals surface area contributed by atoms with Crippen molar-refractivity contribution in [3.8, 4) is 0 Å². The van der Waals surface area contributed by atoms with E-state index in [0.717, 1.165) is 19.5 Å². The highest BCUT2D eigenvalue weighted by atomic mass is 79.9. The van der Waals surface area contributed by atoms with Crippen LogP contribution >= 0.6 is 15.9 Å². The van der Waals surface area contributed by atoms with Crippen molar-refractivity contribution in [1.29, 1.82) is 0 Å². The number of nitrogens with one attached hydrogen (secondary N) is 1. The molecule has 0 radical (unpaired) electrons. The fourth-order valence-corrected chi connectivity index (χ4v) is 2.59. The van der Waals surface area contributed by atoms with Crippen LogP contribution in [0.4, 0.5) is 0 Å². The lowest BCUT2D eigenvalue weighted by molar-refractivity contribution is 0.0924. The normalized spacial score (nSPS) is 21.3. The van der Waals surface area contributed by atoms with Crippen LogP contribution in [0.2, 0.25) is 0 Å². The maximum atomic E-state index is 12.1.